The third-order valence-corrected chi connectivity index (χ3v) is 5.73. The summed E-state index contributed by atoms with van der Waals surface area (Å²) in [5.41, 5.74) is 8.90. The molecule has 2 unspecified atom stereocenters. The molecule has 3 rings (SSSR count). The van der Waals surface area contributed by atoms with Crippen molar-refractivity contribution in [2.75, 3.05) is 19.8 Å². The average Bonchev–Trinajstić information content (AvgIpc) is 2.63. The zero-order valence-electron chi connectivity index (χ0n) is 15.8. The van der Waals surface area contributed by atoms with Gasteiger partial charge < -0.3 is 20.5 Å². The van der Waals surface area contributed by atoms with Crippen LogP contribution >= 0.6 is 0 Å². The van der Waals surface area contributed by atoms with Crippen LogP contribution in [-0.2, 0) is 4.74 Å². The maximum absolute atomic E-state index is 6.20. The van der Waals surface area contributed by atoms with Gasteiger partial charge in [-0.05, 0) is 76.5 Å². The number of benzene rings is 1. The van der Waals surface area contributed by atoms with Gasteiger partial charge in [0.15, 0.2) is 0 Å². The molecule has 0 amide bonds. The summed E-state index contributed by atoms with van der Waals surface area (Å²) < 4.78 is 12.1. The number of hydrogen-bond acceptors (Lipinski definition) is 4. The van der Waals surface area contributed by atoms with E-state index in [1.165, 1.54) is 30.4 Å². The zero-order valence-corrected chi connectivity index (χ0v) is 15.8. The van der Waals surface area contributed by atoms with Crippen LogP contribution in [0, 0.1) is 6.92 Å². The lowest BCUT2D eigenvalue weighted by Crippen LogP contribution is -2.52. The summed E-state index contributed by atoms with van der Waals surface area (Å²) in [6.45, 7) is 6.77. The standard InChI is InChI=1S/C21H34N2O2/c1-3-24-21-11-6-15(2)13-18(21)16-7-9-17(10-8-16)25-14-20-19(22)5-4-12-23-20/h6,11,13,16-17,19-20,23H,3-5,7-10,12,14,22H2,1-2H3/t16-,17+,19?,20?. The molecule has 2 atom stereocenters. The Bertz CT molecular complexity index is 541. The Morgan fingerprint density at radius 3 is 2.68 bits per heavy atom. The predicted octanol–water partition coefficient (Wildman–Crippen LogP) is 3.52. The highest BCUT2D eigenvalue weighted by atomic mass is 16.5. The van der Waals surface area contributed by atoms with Gasteiger partial charge in [-0.2, -0.15) is 0 Å². The summed E-state index contributed by atoms with van der Waals surface area (Å²) in [4.78, 5) is 0. The lowest BCUT2D eigenvalue weighted by molar-refractivity contribution is 0.00606. The van der Waals surface area contributed by atoms with Crippen LogP contribution in [0.15, 0.2) is 18.2 Å². The molecule has 1 aromatic rings. The molecule has 140 valence electrons. The average molecular weight is 347 g/mol. The molecule has 1 aliphatic carbocycles. The first kappa shape index (κ1) is 18.7. The van der Waals surface area contributed by atoms with Gasteiger partial charge in [-0.3, -0.25) is 0 Å². The molecular formula is C21H34N2O2. The predicted molar refractivity (Wildman–Crippen MR) is 102 cm³/mol. The number of nitrogens with one attached hydrogen (secondary N) is 1. The van der Waals surface area contributed by atoms with Gasteiger partial charge in [-0.1, -0.05) is 17.7 Å². The Morgan fingerprint density at radius 2 is 1.96 bits per heavy atom. The number of ether oxygens (including phenoxy) is 2. The molecule has 1 heterocycles. The van der Waals surface area contributed by atoms with Gasteiger partial charge in [0.05, 0.1) is 19.3 Å². The van der Waals surface area contributed by atoms with Crippen LogP contribution in [0.5, 0.6) is 5.75 Å². The SMILES string of the molecule is CCOc1ccc(C)cc1[C@H]1CC[C@@H](OCC2NCCCC2N)CC1. The van der Waals surface area contributed by atoms with E-state index in [9.17, 15) is 0 Å². The molecular weight excluding hydrogens is 312 g/mol. The Kier molecular flexibility index (Phi) is 6.74. The lowest BCUT2D eigenvalue weighted by Gasteiger charge is -2.34. The van der Waals surface area contributed by atoms with Gasteiger partial charge in [0, 0.05) is 12.1 Å². The minimum atomic E-state index is 0.242. The number of aryl methyl sites for hydroxylation is 1. The maximum atomic E-state index is 6.20. The van der Waals surface area contributed by atoms with Crippen molar-refractivity contribution in [2.24, 2.45) is 5.73 Å². The normalized spacial score (nSPS) is 30.2. The summed E-state index contributed by atoms with van der Waals surface area (Å²) in [6, 6.07) is 7.15. The molecule has 4 nitrogen and oxygen atoms in total. The van der Waals surface area contributed by atoms with E-state index in [-0.39, 0.29) is 6.04 Å². The topological polar surface area (TPSA) is 56.5 Å². The largest absolute Gasteiger partial charge is 0.494 e. The zero-order chi connectivity index (χ0) is 17.6. The fraction of sp³-hybridized carbons (Fsp3) is 0.714. The fourth-order valence-corrected chi connectivity index (χ4v) is 4.21. The van der Waals surface area contributed by atoms with E-state index in [2.05, 4.69) is 37.4 Å². The highest BCUT2D eigenvalue weighted by molar-refractivity contribution is 5.39. The summed E-state index contributed by atoms with van der Waals surface area (Å²) in [7, 11) is 0. The molecule has 0 spiro atoms. The highest BCUT2D eigenvalue weighted by Gasteiger charge is 2.27. The minimum absolute atomic E-state index is 0.242. The molecule has 3 N–H and O–H groups in total. The molecule has 1 saturated carbocycles. The Morgan fingerprint density at radius 1 is 1.16 bits per heavy atom. The Balaban J connectivity index is 1.51. The molecule has 0 aromatic heterocycles. The third-order valence-electron chi connectivity index (χ3n) is 5.73. The van der Waals surface area contributed by atoms with E-state index in [1.807, 2.05) is 0 Å². The number of piperidine rings is 1. The molecule has 0 radical (unpaired) electrons. The van der Waals surface area contributed by atoms with Crippen LogP contribution in [0.4, 0.5) is 0 Å². The van der Waals surface area contributed by atoms with Crippen LogP contribution in [0.3, 0.4) is 0 Å². The van der Waals surface area contributed by atoms with E-state index >= 15 is 0 Å². The van der Waals surface area contributed by atoms with E-state index < -0.39 is 0 Å². The lowest BCUT2D eigenvalue weighted by atomic mass is 9.82. The van der Waals surface area contributed by atoms with Gasteiger partial charge >= 0.3 is 0 Å². The van der Waals surface area contributed by atoms with Crippen LogP contribution in [0.25, 0.3) is 0 Å². The maximum Gasteiger partial charge on any atom is 0.122 e. The van der Waals surface area contributed by atoms with Crippen molar-refractivity contribution in [2.45, 2.75) is 76.5 Å². The molecule has 0 bridgehead atoms. The number of rotatable bonds is 6. The molecule has 4 heteroatoms. The van der Waals surface area contributed by atoms with E-state index in [4.69, 9.17) is 15.2 Å². The fourth-order valence-electron chi connectivity index (χ4n) is 4.21. The summed E-state index contributed by atoms with van der Waals surface area (Å²) in [5.74, 6) is 1.66. The van der Waals surface area contributed by atoms with Gasteiger partial charge in [-0.25, -0.2) is 0 Å². The molecule has 1 aromatic carbocycles. The summed E-state index contributed by atoms with van der Waals surface area (Å²) >= 11 is 0. The van der Waals surface area contributed by atoms with Crippen LogP contribution in [-0.4, -0.2) is 37.9 Å². The highest BCUT2D eigenvalue weighted by Crippen LogP contribution is 2.39. The monoisotopic (exact) mass is 346 g/mol. The van der Waals surface area contributed by atoms with Crippen molar-refractivity contribution >= 4 is 0 Å². The smallest absolute Gasteiger partial charge is 0.122 e. The summed E-state index contributed by atoms with van der Waals surface area (Å²) in [5, 5.41) is 3.50. The van der Waals surface area contributed by atoms with E-state index in [0.29, 0.717) is 18.1 Å². The second-order valence-corrected chi connectivity index (χ2v) is 7.65. The first-order valence-electron chi connectivity index (χ1n) is 10.0. The molecule has 25 heavy (non-hydrogen) atoms. The Labute approximate surface area is 152 Å². The van der Waals surface area contributed by atoms with Crippen molar-refractivity contribution in [3.63, 3.8) is 0 Å². The Hall–Kier alpha value is -1.10. The number of nitrogens with two attached hydrogens (primary N) is 1. The van der Waals surface area contributed by atoms with Crippen molar-refractivity contribution in [3.05, 3.63) is 29.3 Å². The second kappa shape index (κ2) is 9.02. The number of hydrogen-bond donors (Lipinski definition) is 2. The van der Waals surface area contributed by atoms with Crippen molar-refractivity contribution in [1.29, 1.82) is 0 Å². The summed E-state index contributed by atoms with van der Waals surface area (Å²) in [6.07, 6.45) is 7.30. The first-order chi connectivity index (χ1) is 12.2. The van der Waals surface area contributed by atoms with Gasteiger partial charge in [-0.15, -0.1) is 0 Å². The quantitative estimate of drug-likeness (QED) is 0.827. The van der Waals surface area contributed by atoms with Crippen LogP contribution < -0.4 is 15.8 Å². The van der Waals surface area contributed by atoms with Crippen molar-refractivity contribution in [3.8, 4) is 5.75 Å². The van der Waals surface area contributed by atoms with Crippen molar-refractivity contribution < 1.29 is 9.47 Å². The van der Waals surface area contributed by atoms with Crippen LogP contribution in [0.2, 0.25) is 0 Å². The van der Waals surface area contributed by atoms with Gasteiger partial charge in [0.25, 0.3) is 0 Å². The minimum Gasteiger partial charge on any atom is -0.494 e. The van der Waals surface area contributed by atoms with Gasteiger partial charge in [0.1, 0.15) is 5.75 Å². The molecule has 2 fully saturated rings. The van der Waals surface area contributed by atoms with Crippen LogP contribution in [0.1, 0.15) is 62.5 Å². The van der Waals surface area contributed by atoms with E-state index in [1.54, 1.807) is 0 Å². The molecule has 2 aliphatic rings. The van der Waals surface area contributed by atoms with E-state index in [0.717, 1.165) is 44.8 Å². The first-order valence-corrected chi connectivity index (χ1v) is 10.0. The van der Waals surface area contributed by atoms with Crippen molar-refractivity contribution in [1.82, 2.24) is 5.32 Å². The molecule has 1 aliphatic heterocycles. The second-order valence-electron chi connectivity index (χ2n) is 7.65. The third kappa shape index (κ3) is 4.96. The van der Waals surface area contributed by atoms with Gasteiger partial charge in [0.2, 0.25) is 0 Å². The molecule has 1 saturated heterocycles.